The van der Waals surface area contributed by atoms with Gasteiger partial charge in [0.2, 0.25) is 0 Å². The van der Waals surface area contributed by atoms with E-state index in [1.165, 1.54) is 0 Å². The van der Waals surface area contributed by atoms with Gasteiger partial charge in [-0.2, -0.15) is 0 Å². The first kappa shape index (κ1) is 25.7. The Labute approximate surface area is 195 Å². The number of unbranched alkanes of at least 4 members (excludes halogenated alkanes) is 1. The van der Waals surface area contributed by atoms with E-state index in [-0.39, 0.29) is 6.61 Å². The smallest absolute Gasteiger partial charge is 0.320 e. The summed E-state index contributed by atoms with van der Waals surface area (Å²) in [5, 5.41) is 16.5. The number of amidine groups is 1. The SMILES string of the molecule is C=C1/C(=C\C(=C/CCC)C(N)=C(C)C(=Nc2ccccc2)NC(=O)N[C@H](C)CO)NNN1C. The van der Waals surface area contributed by atoms with Gasteiger partial charge < -0.3 is 21.6 Å². The molecule has 0 aliphatic carbocycles. The van der Waals surface area contributed by atoms with Crippen LogP contribution in [0.25, 0.3) is 0 Å². The quantitative estimate of drug-likeness (QED) is 0.204. The molecule has 0 radical (unpaired) electrons. The molecule has 1 aliphatic heterocycles. The number of urea groups is 1. The average molecular weight is 454 g/mol. The Morgan fingerprint density at radius 2 is 2.06 bits per heavy atom. The van der Waals surface area contributed by atoms with Gasteiger partial charge in [-0.05, 0) is 44.1 Å². The summed E-state index contributed by atoms with van der Waals surface area (Å²) < 4.78 is 0. The summed E-state index contributed by atoms with van der Waals surface area (Å²) in [6.07, 6.45) is 5.75. The van der Waals surface area contributed by atoms with Crippen molar-refractivity contribution in [2.45, 2.75) is 39.7 Å². The monoisotopic (exact) mass is 453 g/mol. The van der Waals surface area contributed by atoms with Crippen molar-refractivity contribution >= 4 is 17.6 Å². The molecule has 1 aromatic carbocycles. The van der Waals surface area contributed by atoms with Gasteiger partial charge in [0.05, 0.1) is 29.7 Å². The van der Waals surface area contributed by atoms with E-state index in [4.69, 9.17) is 5.73 Å². The summed E-state index contributed by atoms with van der Waals surface area (Å²) >= 11 is 0. The zero-order valence-electron chi connectivity index (χ0n) is 19.8. The molecule has 1 saturated heterocycles. The Hall–Kier alpha value is -3.56. The zero-order valence-corrected chi connectivity index (χ0v) is 19.8. The third-order valence-electron chi connectivity index (χ3n) is 4.98. The summed E-state index contributed by atoms with van der Waals surface area (Å²) in [4.78, 5) is 17.1. The zero-order chi connectivity index (χ0) is 24.4. The normalized spacial score (nSPS) is 17.5. The van der Waals surface area contributed by atoms with Crippen molar-refractivity contribution in [3.63, 3.8) is 0 Å². The Morgan fingerprint density at radius 3 is 2.64 bits per heavy atom. The van der Waals surface area contributed by atoms with Crippen LogP contribution >= 0.6 is 0 Å². The van der Waals surface area contributed by atoms with Gasteiger partial charge in [0, 0.05) is 18.3 Å². The number of rotatable bonds is 8. The van der Waals surface area contributed by atoms with E-state index in [0.29, 0.717) is 22.8 Å². The van der Waals surface area contributed by atoms with Crippen LogP contribution in [-0.2, 0) is 0 Å². The molecule has 0 spiro atoms. The fourth-order valence-electron chi connectivity index (χ4n) is 2.88. The predicted octanol–water partition coefficient (Wildman–Crippen LogP) is 2.71. The lowest BCUT2D eigenvalue weighted by Gasteiger charge is -2.16. The first-order chi connectivity index (χ1) is 15.8. The maximum absolute atomic E-state index is 12.5. The van der Waals surface area contributed by atoms with Crippen molar-refractivity contribution in [3.8, 4) is 0 Å². The van der Waals surface area contributed by atoms with Crippen LogP contribution in [0.15, 0.2) is 82.3 Å². The molecule has 2 amide bonds. The lowest BCUT2D eigenvalue weighted by Crippen LogP contribution is -2.45. The third kappa shape index (κ3) is 7.51. The molecule has 1 fully saturated rings. The summed E-state index contributed by atoms with van der Waals surface area (Å²) in [5.41, 5.74) is 16.8. The number of hydrogen-bond donors (Lipinski definition) is 6. The van der Waals surface area contributed by atoms with Crippen molar-refractivity contribution in [3.05, 3.63) is 77.3 Å². The van der Waals surface area contributed by atoms with E-state index in [2.05, 4.69) is 40.1 Å². The molecule has 2 rings (SSSR count). The molecule has 9 heteroatoms. The van der Waals surface area contributed by atoms with E-state index in [1.807, 2.05) is 56.5 Å². The number of allylic oxidation sites excluding steroid dienone is 2. The van der Waals surface area contributed by atoms with E-state index in [0.717, 1.165) is 29.8 Å². The molecule has 178 valence electrons. The van der Waals surface area contributed by atoms with Crippen LogP contribution in [0.2, 0.25) is 0 Å². The number of hydrogen-bond acceptors (Lipinski definition) is 7. The standard InChI is InChI=1S/C24H35N7O2/c1-6-7-11-19(14-21-18(4)31(5)30-29-21)22(25)17(3)23(27-20-12-9-8-10-13-20)28-24(33)26-16(2)15-32/h8-14,16,29-30,32H,4,6-7,15,25H2,1-3,5H3,(H2,26,27,28,33)/b19-11+,21-14+,22-17?/t16-/m1/s1. The fourth-order valence-corrected chi connectivity index (χ4v) is 2.88. The van der Waals surface area contributed by atoms with Crippen LogP contribution < -0.4 is 27.3 Å². The number of hydrazine groups is 2. The van der Waals surface area contributed by atoms with Crippen molar-refractivity contribution in [2.24, 2.45) is 10.7 Å². The maximum atomic E-state index is 12.5. The van der Waals surface area contributed by atoms with Crippen LogP contribution in [0.3, 0.4) is 0 Å². The molecule has 0 saturated carbocycles. The van der Waals surface area contributed by atoms with Crippen LogP contribution in [0.5, 0.6) is 0 Å². The largest absolute Gasteiger partial charge is 0.398 e. The lowest BCUT2D eigenvalue weighted by atomic mass is 10.0. The van der Waals surface area contributed by atoms with Gasteiger partial charge >= 0.3 is 6.03 Å². The molecule has 9 nitrogen and oxygen atoms in total. The topological polar surface area (TPSA) is 127 Å². The Kier molecular flexibility index (Phi) is 9.71. The number of amides is 2. The van der Waals surface area contributed by atoms with Crippen LogP contribution in [0.4, 0.5) is 10.5 Å². The number of nitrogens with zero attached hydrogens (tertiary/aromatic N) is 2. The van der Waals surface area contributed by atoms with Crippen LogP contribution in [0.1, 0.15) is 33.6 Å². The van der Waals surface area contributed by atoms with Gasteiger partial charge in [0.25, 0.3) is 0 Å². The molecular formula is C24H35N7O2. The highest BCUT2D eigenvalue weighted by Crippen LogP contribution is 2.21. The number of aliphatic imine (C=N–C) groups is 1. The fraction of sp³-hybridized carbons (Fsp3) is 0.333. The van der Waals surface area contributed by atoms with Gasteiger partial charge in [-0.3, -0.25) is 10.3 Å². The molecule has 1 heterocycles. The second-order valence-electron chi connectivity index (χ2n) is 7.77. The molecule has 1 aliphatic rings. The lowest BCUT2D eigenvalue weighted by molar-refractivity contribution is 0.224. The number of carbonyl (C=O) groups excluding carboxylic acids is 1. The first-order valence-electron chi connectivity index (χ1n) is 10.9. The van der Waals surface area contributed by atoms with Gasteiger partial charge in [-0.15, -0.1) is 5.53 Å². The minimum Gasteiger partial charge on any atom is -0.398 e. The average Bonchev–Trinajstić information content (AvgIpc) is 3.12. The van der Waals surface area contributed by atoms with E-state index < -0.39 is 12.1 Å². The molecule has 33 heavy (non-hydrogen) atoms. The number of carbonyl (C=O) groups is 1. The highest BCUT2D eigenvalue weighted by molar-refractivity contribution is 6.08. The van der Waals surface area contributed by atoms with Crippen LogP contribution in [0, 0.1) is 0 Å². The maximum Gasteiger partial charge on any atom is 0.320 e. The second-order valence-corrected chi connectivity index (χ2v) is 7.77. The molecule has 1 aromatic rings. The van der Waals surface area contributed by atoms with E-state index in [1.54, 1.807) is 11.9 Å². The Balaban J connectivity index is 2.48. The summed E-state index contributed by atoms with van der Waals surface area (Å²) in [6.45, 7) is 9.49. The summed E-state index contributed by atoms with van der Waals surface area (Å²) in [5.74, 6) is 0.315. The third-order valence-corrected chi connectivity index (χ3v) is 4.98. The number of nitrogens with one attached hydrogen (secondary N) is 4. The number of nitrogens with two attached hydrogens (primary N) is 1. The molecule has 1 atom stereocenters. The van der Waals surface area contributed by atoms with Crippen molar-refractivity contribution < 1.29 is 9.90 Å². The minimum absolute atomic E-state index is 0.174. The number of benzene rings is 1. The summed E-state index contributed by atoms with van der Waals surface area (Å²) in [6, 6.07) is 8.41. The molecule has 0 bridgehead atoms. The van der Waals surface area contributed by atoms with Crippen molar-refractivity contribution in [1.29, 1.82) is 0 Å². The highest BCUT2D eigenvalue weighted by Gasteiger charge is 2.18. The van der Waals surface area contributed by atoms with Gasteiger partial charge in [-0.1, -0.05) is 44.2 Å². The number of aliphatic hydroxyl groups is 1. The predicted molar refractivity (Wildman–Crippen MR) is 133 cm³/mol. The van der Waals surface area contributed by atoms with Crippen LogP contribution in [-0.4, -0.2) is 41.7 Å². The van der Waals surface area contributed by atoms with Crippen molar-refractivity contribution in [1.82, 2.24) is 26.6 Å². The molecule has 0 aromatic heterocycles. The molecule has 7 N–H and O–H groups in total. The van der Waals surface area contributed by atoms with Crippen molar-refractivity contribution in [2.75, 3.05) is 13.7 Å². The number of likely N-dealkylation sites (N-methyl/N-ethyl adjacent to an activating group) is 1. The van der Waals surface area contributed by atoms with Gasteiger partial charge in [0.15, 0.2) is 0 Å². The second kappa shape index (κ2) is 12.5. The molecule has 0 unspecified atom stereocenters. The number of para-hydroxylation sites is 1. The molecular weight excluding hydrogens is 418 g/mol. The Morgan fingerprint density at radius 1 is 1.36 bits per heavy atom. The highest BCUT2D eigenvalue weighted by atomic mass is 16.3. The first-order valence-corrected chi connectivity index (χ1v) is 10.9. The van der Waals surface area contributed by atoms with E-state index >= 15 is 0 Å². The minimum atomic E-state index is -0.479. The van der Waals surface area contributed by atoms with Gasteiger partial charge in [0.1, 0.15) is 5.84 Å². The summed E-state index contributed by atoms with van der Waals surface area (Å²) in [7, 11) is 1.86. The van der Waals surface area contributed by atoms with E-state index in [9.17, 15) is 9.90 Å². The van der Waals surface area contributed by atoms with Gasteiger partial charge in [-0.25, -0.2) is 9.79 Å². The number of aliphatic hydroxyl groups excluding tert-OH is 1. The Bertz CT molecular complexity index is 964.